The molecule has 1 aromatic carbocycles. The molecular formula is C14H23NO2. The Morgan fingerprint density at radius 3 is 2.41 bits per heavy atom. The van der Waals surface area contributed by atoms with Crippen molar-refractivity contribution in [2.24, 2.45) is 0 Å². The molecule has 0 heterocycles. The molecule has 0 spiro atoms. The lowest BCUT2D eigenvalue weighted by atomic mass is 10.1. The van der Waals surface area contributed by atoms with Crippen LogP contribution >= 0.6 is 0 Å². The summed E-state index contributed by atoms with van der Waals surface area (Å²) < 4.78 is 5.43. The molecule has 0 amide bonds. The number of aliphatic hydroxyl groups excluding tert-OH is 1. The highest BCUT2D eigenvalue weighted by atomic mass is 16.5. The van der Waals surface area contributed by atoms with Crippen molar-refractivity contribution in [2.75, 3.05) is 26.8 Å². The molecular weight excluding hydrogens is 214 g/mol. The Hall–Kier alpha value is -0.900. The zero-order valence-corrected chi connectivity index (χ0v) is 11.0. The molecule has 1 rings (SSSR count). The van der Waals surface area contributed by atoms with E-state index in [-0.39, 0.29) is 12.2 Å². The van der Waals surface area contributed by atoms with E-state index in [9.17, 15) is 0 Å². The maximum Gasteiger partial charge on any atom is 0.0749 e. The van der Waals surface area contributed by atoms with Gasteiger partial charge in [-0.05, 0) is 19.4 Å². The van der Waals surface area contributed by atoms with Crippen LogP contribution in [0.25, 0.3) is 0 Å². The number of aliphatic hydroxyl groups is 1. The van der Waals surface area contributed by atoms with Gasteiger partial charge in [0, 0.05) is 26.7 Å². The smallest absolute Gasteiger partial charge is 0.0749 e. The van der Waals surface area contributed by atoms with E-state index in [0.717, 1.165) is 13.1 Å². The molecule has 0 atom stereocenters. The van der Waals surface area contributed by atoms with E-state index < -0.39 is 0 Å². The van der Waals surface area contributed by atoms with Crippen LogP contribution in [0.2, 0.25) is 0 Å². The largest absolute Gasteiger partial charge is 0.395 e. The van der Waals surface area contributed by atoms with Crippen molar-refractivity contribution < 1.29 is 9.84 Å². The number of rotatable bonds is 7. The summed E-state index contributed by atoms with van der Waals surface area (Å²) in [6.45, 7) is 6.60. The Labute approximate surface area is 104 Å². The molecule has 0 bridgehead atoms. The Kier molecular flexibility index (Phi) is 5.62. The van der Waals surface area contributed by atoms with Crippen LogP contribution in [0.4, 0.5) is 0 Å². The Balaban J connectivity index is 2.60. The van der Waals surface area contributed by atoms with Crippen molar-refractivity contribution >= 4 is 0 Å². The van der Waals surface area contributed by atoms with Crippen LogP contribution in [0, 0.1) is 0 Å². The van der Waals surface area contributed by atoms with Crippen LogP contribution in [-0.4, -0.2) is 42.4 Å². The first-order valence-corrected chi connectivity index (χ1v) is 6.00. The first kappa shape index (κ1) is 14.2. The van der Waals surface area contributed by atoms with Crippen LogP contribution in [0.1, 0.15) is 19.4 Å². The van der Waals surface area contributed by atoms with E-state index in [1.807, 2.05) is 18.2 Å². The Morgan fingerprint density at radius 1 is 1.24 bits per heavy atom. The molecule has 0 saturated heterocycles. The summed E-state index contributed by atoms with van der Waals surface area (Å²) in [5.74, 6) is 0. The Bertz CT molecular complexity index is 311. The molecule has 0 aliphatic heterocycles. The van der Waals surface area contributed by atoms with E-state index in [2.05, 4.69) is 30.9 Å². The maximum absolute atomic E-state index is 9.10. The van der Waals surface area contributed by atoms with Gasteiger partial charge < -0.3 is 9.84 Å². The van der Waals surface area contributed by atoms with Gasteiger partial charge in [0.15, 0.2) is 0 Å². The standard InChI is InChI=1S/C14H23NO2/c1-14(2,17-3)12-15(9-10-16)11-13-7-5-4-6-8-13/h4-8,16H,9-12H2,1-3H3. The number of nitrogens with zero attached hydrogens (tertiary/aromatic N) is 1. The third kappa shape index (κ3) is 5.31. The number of benzene rings is 1. The minimum atomic E-state index is -0.191. The summed E-state index contributed by atoms with van der Waals surface area (Å²) in [6.07, 6.45) is 0. The minimum Gasteiger partial charge on any atom is -0.395 e. The zero-order chi connectivity index (χ0) is 12.7. The van der Waals surface area contributed by atoms with E-state index in [1.165, 1.54) is 5.56 Å². The molecule has 3 nitrogen and oxygen atoms in total. The van der Waals surface area contributed by atoms with Crippen molar-refractivity contribution in [3.05, 3.63) is 35.9 Å². The molecule has 0 saturated carbocycles. The van der Waals surface area contributed by atoms with E-state index in [4.69, 9.17) is 9.84 Å². The van der Waals surface area contributed by atoms with Gasteiger partial charge in [-0.3, -0.25) is 4.90 Å². The third-order valence-corrected chi connectivity index (χ3v) is 2.82. The lowest BCUT2D eigenvalue weighted by Gasteiger charge is -2.31. The van der Waals surface area contributed by atoms with Gasteiger partial charge in [-0.15, -0.1) is 0 Å². The van der Waals surface area contributed by atoms with Crippen molar-refractivity contribution in [1.82, 2.24) is 4.90 Å². The highest BCUT2D eigenvalue weighted by Gasteiger charge is 2.20. The molecule has 0 fully saturated rings. The van der Waals surface area contributed by atoms with Gasteiger partial charge in [-0.1, -0.05) is 30.3 Å². The van der Waals surface area contributed by atoms with Crippen molar-refractivity contribution in [3.63, 3.8) is 0 Å². The topological polar surface area (TPSA) is 32.7 Å². The van der Waals surface area contributed by atoms with E-state index in [0.29, 0.717) is 6.54 Å². The lowest BCUT2D eigenvalue weighted by molar-refractivity contribution is -0.0124. The van der Waals surface area contributed by atoms with Crippen molar-refractivity contribution in [1.29, 1.82) is 0 Å². The van der Waals surface area contributed by atoms with Crippen LogP contribution in [0.15, 0.2) is 30.3 Å². The van der Waals surface area contributed by atoms with Crippen LogP contribution in [-0.2, 0) is 11.3 Å². The summed E-state index contributed by atoms with van der Waals surface area (Å²) in [5, 5.41) is 9.10. The summed E-state index contributed by atoms with van der Waals surface area (Å²) in [6, 6.07) is 10.3. The molecule has 0 aliphatic carbocycles. The number of ether oxygens (including phenoxy) is 1. The first-order chi connectivity index (χ1) is 8.07. The average molecular weight is 237 g/mol. The minimum absolute atomic E-state index is 0.173. The van der Waals surface area contributed by atoms with Crippen molar-refractivity contribution in [2.45, 2.75) is 26.0 Å². The first-order valence-electron chi connectivity index (χ1n) is 6.00. The second-order valence-corrected chi connectivity index (χ2v) is 4.88. The SMILES string of the molecule is COC(C)(C)CN(CCO)Cc1ccccc1. The molecule has 0 aromatic heterocycles. The average Bonchev–Trinajstić information content (AvgIpc) is 2.30. The van der Waals surface area contributed by atoms with Crippen LogP contribution < -0.4 is 0 Å². The number of hydrogen-bond acceptors (Lipinski definition) is 3. The van der Waals surface area contributed by atoms with Gasteiger partial charge in [0.25, 0.3) is 0 Å². The predicted molar refractivity (Wildman–Crippen MR) is 69.9 cm³/mol. The maximum atomic E-state index is 9.10. The molecule has 1 N–H and O–H groups in total. The summed E-state index contributed by atoms with van der Waals surface area (Å²) in [5.41, 5.74) is 1.07. The highest BCUT2D eigenvalue weighted by Crippen LogP contribution is 2.12. The summed E-state index contributed by atoms with van der Waals surface area (Å²) in [7, 11) is 1.72. The number of methoxy groups -OCH3 is 1. The predicted octanol–water partition coefficient (Wildman–Crippen LogP) is 1.91. The normalized spacial score (nSPS) is 12.1. The summed E-state index contributed by atoms with van der Waals surface area (Å²) in [4.78, 5) is 2.21. The van der Waals surface area contributed by atoms with Gasteiger partial charge in [0.05, 0.1) is 12.2 Å². The van der Waals surface area contributed by atoms with Gasteiger partial charge in [-0.2, -0.15) is 0 Å². The quantitative estimate of drug-likeness (QED) is 0.786. The lowest BCUT2D eigenvalue weighted by Crippen LogP contribution is -2.41. The molecule has 0 aliphatic rings. The molecule has 0 radical (unpaired) electrons. The monoisotopic (exact) mass is 237 g/mol. The van der Waals surface area contributed by atoms with Crippen molar-refractivity contribution in [3.8, 4) is 0 Å². The van der Waals surface area contributed by atoms with Gasteiger partial charge in [-0.25, -0.2) is 0 Å². The Morgan fingerprint density at radius 2 is 1.88 bits per heavy atom. The number of hydrogen-bond donors (Lipinski definition) is 1. The van der Waals surface area contributed by atoms with Crippen LogP contribution in [0.3, 0.4) is 0 Å². The fraction of sp³-hybridized carbons (Fsp3) is 0.571. The van der Waals surface area contributed by atoms with E-state index >= 15 is 0 Å². The highest BCUT2D eigenvalue weighted by molar-refractivity contribution is 5.14. The van der Waals surface area contributed by atoms with Gasteiger partial charge in [0.2, 0.25) is 0 Å². The molecule has 1 aromatic rings. The molecule has 96 valence electrons. The fourth-order valence-corrected chi connectivity index (χ4v) is 1.80. The third-order valence-electron chi connectivity index (χ3n) is 2.82. The second-order valence-electron chi connectivity index (χ2n) is 4.88. The summed E-state index contributed by atoms with van der Waals surface area (Å²) >= 11 is 0. The fourth-order valence-electron chi connectivity index (χ4n) is 1.80. The second kappa shape index (κ2) is 6.74. The van der Waals surface area contributed by atoms with E-state index in [1.54, 1.807) is 7.11 Å². The zero-order valence-electron chi connectivity index (χ0n) is 11.0. The van der Waals surface area contributed by atoms with Gasteiger partial charge in [0.1, 0.15) is 0 Å². The molecule has 0 unspecified atom stereocenters. The van der Waals surface area contributed by atoms with Gasteiger partial charge >= 0.3 is 0 Å². The molecule has 17 heavy (non-hydrogen) atoms. The molecule has 3 heteroatoms. The van der Waals surface area contributed by atoms with Crippen LogP contribution in [0.5, 0.6) is 0 Å².